The Hall–Kier alpha value is -2.15. The molecule has 1 fully saturated rings. The van der Waals surface area contributed by atoms with E-state index in [1.54, 1.807) is 24.3 Å². The van der Waals surface area contributed by atoms with Gasteiger partial charge in [-0.15, -0.1) is 0 Å². The van der Waals surface area contributed by atoms with Gasteiger partial charge in [0.15, 0.2) is 0 Å². The van der Waals surface area contributed by atoms with E-state index in [-0.39, 0.29) is 17.4 Å². The molecule has 1 saturated heterocycles. The van der Waals surface area contributed by atoms with E-state index in [0.717, 1.165) is 10.0 Å². The number of hydrogen-bond donors (Lipinski definition) is 1. The monoisotopic (exact) mass is 491 g/mol. The molecular weight excluding hydrogens is 470 g/mol. The van der Waals surface area contributed by atoms with Crippen LogP contribution < -0.4 is 0 Å². The molecule has 0 bridgehead atoms. The van der Waals surface area contributed by atoms with Gasteiger partial charge < -0.3 is 14.7 Å². The summed E-state index contributed by atoms with van der Waals surface area (Å²) in [6.07, 6.45) is 0.673. The van der Waals surface area contributed by atoms with E-state index < -0.39 is 17.7 Å². The predicted molar refractivity (Wildman–Crippen MR) is 120 cm³/mol. The zero-order valence-electron chi connectivity index (χ0n) is 16.8. The molecule has 158 valence electrons. The summed E-state index contributed by atoms with van der Waals surface area (Å²) in [5.74, 6) is -1.53. The fourth-order valence-corrected chi connectivity index (χ4v) is 3.81. The van der Waals surface area contributed by atoms with Crippen molar-refractivity contribution in [1.82, 2.24) is 4.90 Å². The molecule has 1 heterocycles. The van der Waals surface area contributed by atoms with Gasteiger partial charge in [-0.2, -0.15) is 0 Å². The number of aliphatic hydroxyl groups excluding tert-OH is 1. The van der Waals surface area contributed by atoms with Crippen LogP contribution in [0.1, 0.15) is 37.4 Å². The number of ether oxygens (including phenoxy) is 1. The van der Waals surface area contributed by atoms with Crippen LogP contribution in [0.5, 0.6) is 0 Å². The Kier molecular flexibility index (Phi) is 7.34. The number of carbonyl (C=O) groups excluding carboxylic acids is 2. The molecule has 2 aromatic carbocycles. The number of rotatable bonds is 7. The van der Waals surface area contributed by atoms with Crippen molar-refractivity contribution in [3.05, 3.63) is 74.7 Å². The lowest BCUT2D eigenvalue weighted by molar-refractivity contribution is -0.140. The molecule has 2 aromatic rings. The van der Waals surface area contributed by atoms with Crippen LogP contribution in [0.25, 0.3) is 5.76 Å². The average molecular weight is 493 g/mol. The molecule has 0 aliphatic carbocycles. The topological polar surface area (TPSA) is 66.8 Å². The Morgan fingerprint density at radius 2 is 1.77 bits per heavy atom. The van der Waals surface area contributed by atoms with Crippen LogP contribution in [0.4, 0.5) is 0 Å². The van der Waals surface area contributed by atoms with Gasteiger partial charge in [-0.3, -0.25) is 9.59 Å². The van der Waals surface area contributed by atoms with Crippen LogP contribution in [0.3, 0.4) is 0 Å². The summed E-state index contributed by atoms with van der Waals surface area (Å²) in [4.78, 5) is 27.3. The predicted octanol–water partition coefficient (Wildman–Crippen LogP) is 5.34. The molecule has 0 saturated carbocycles. The fraction of sp³-hybridized carbons (Fsp3) is 0.304. The Morgan fingerprint density at radius 1 is 1.13 bits per heavy atom. The van der Waals surface area contributed by atoms with Gasteiger partial charge in [-0.05, 0) is 62.2 Å². The van der Waals surface area contributed by atoms with Crippen LogP contribution in [0.15, 0.2) is 58.6 Å². The van der Waals surface area contributed by atoms with E-state index in [9.17, 15) is 14.7 Å². The van der Waals surface area contributed by atoms with Crippen molar-refractivity contribution < 1.29 is 19.4 Å². The van der Waals surface area contributed by atoms with Gasteiger partial charge >= 0.3 is 0 Å². The molecule has 0 unspecified atom stereocenters. The summed E-state index contributed by atoms with van der Waals surface area (Å²) >= 11 is 9.35. The van der Waals surface area contributed by atoms with E-state index >= 15 is 0 Å². The maximum absolute atomic E-state index is 12.9. The molecule has 0 radical (unpaired) electrons. The molecule has 7 heteroatoms. The van der Waals surface area contributed by atoms with Gasteiger partial charge in [0, 0.05) is 28.2 Å². The van der Waals surface area contributed by atoms with Crippen molar-refractivity contribution in [2.45, 2.75) is 32.4 Å². The summed E-state index contributed by atoms with van der Waals surface area (Å²) in [5.41, 5.74) is 1.26. The van der Waals surface area contributed by atoms with Crippen molar-refractivity contribution in [3.63, 3.8) is 0 Å². The Labute approximate surface area is 189 Å². The number of aliphatic hydroxyl groups is 1. The van der Waals surface area contributed by atoms with E-state index in [1.165, 1.54) is 4.90 Å². The second kappa shape index (κ2) is 9.77. The summed E-state index contributed by atoms with van der Waals surface area (Å²) in [6.45, 7) is 4.71. The molecule has 1 amide bonds. The maximum atomic E-state index is 12.9. The first-order chi connectivity index (χ1) is 14.3. The van der Waals surface area contributed by atoms with Crippen molar-refractivity contribution in [1.29, 1.82) is 0 Å². The van der Waals surface area contributed by atoms with Crippen molar-refractivity contribution >= 4 is 45.0 Å². The van der Waals surface area contributed by atoms with Gasteiger partial charge in [-0.25, -0.2) is 0 Å². The van der Waals surface area contributed by atoms with E-state index in [4.69, 9.17) is 16.3 Å². The Morgan fingerprint density at radius 3 is 2.37 bits per heavy atom. The highest BCUT2D eigenvalue weighted by molar-refractivity contribution is 9.10. The molecular formula is C23H23BrClNO4. The highest BCUT2D eigenvalue weighted by Gasteiger charge is 2.45. The Bertz CT molecular complexity index is 954. The number of Topliss-reactive ketones (excluding diaryl/α,β-unsaturated/α-hetero) is 1. The molecule has 30 heavy (non-hydrogen) atoms. The maximum Gasteiger partial charge on any atom is 0.295 e. The first kappa shape index (κ1) is 22.5. The third kappa shape index (κ3) is 4.94. The van der Waals surface area contributed by atoms with E-state index in [2.05, 4.69) is 15.9 Å². The molecule has 0 spiro atoms. The largest absolute Gasteiger partial charge is 0.507 e. The van der Waals surface area contributed by atoms with E-state index in [0.29, 0.717) is 30.2 Å². The standard InChI is InChI=1S/C23H23BrClNO4/c1-14(2)30-13-3-12-26-20(15-4-8-17(24)9-5-15)19(22(28)23(26)29)21(27)16-6-10-18(25)11-7-16/h4-11,14,20,27H,3,12-13H2,1-2H3/t20-/m1/s1. The average Bonchev–Trinajstić information content (AvgIpc) is 2.96. The zero-order chi connectivity index (χ0) is 21.8. The number of likely N-dealkylation sites (tertiary alicyclic amines) is 1. The third-order valence-electron chi connectivity index (χ3n) is 4.84. The molecule has 3 rings (SSSR count). The summed E-state index contributed by atoms with van der Waals surface area (Å²) in [6, 6.07) is 13.2. The smallest absolute Gasteiger partial charge is 0.295 e. The third-order valence-corrected chi connectivity index (χ3v) is 5.62. The minimum atomic E-state index is -0.694. The number of amides is 1. The van der Waals surface area contributed by atoms with E-state index in [1.807, 2.05) is 38.1 Å². The van der Waals surface area contributed by atoms with Crippen molar-refractivity contribution in [3.8, 4) is 0 Å². The lowest BCUT2D eigenvalue weighted by Crippen LogP contribution is -2.31. The number of halogens is 2. The SMILES string of the molecule is CC(C)OCCCN1C(=O)C(=O)C(=C(O)c2ccc(Cl)cc2)[C@H]1c1ccc(Br)cc1. The number of benzene rings is 2. The number of hydrogen-bond acceptors (Lipinski definition) is 4. The van der Waals surface area contributed by atoms with Crippen LogP contribution in [-0.2, 0) is 14.3 Å². The normalized spacial score (nSPS) is 18.4. The lowest BCUT2D eigenvalue weighted by Gasteiger charge is -2.25. The van der Waals surface area contributed by atoms with Gasteiger partial charge in [0.25, 0.3) is 11.7 Å². The number of ketones is 1. The van der Waals surface area contributed by atoms with Crippen LogP contribution in [-0.4, -0.2) is 41.0 Å². The summed E-state index contributed by atoms with van der Waals surface area (Å²) in [5, 5.41) is 11.5. The number of nitrogens with zero attached hydrogens (tertiary/aromatic N) is 1. The van der Waals surface area contributed by atoms with Crippen LogP contribution in [0.2, 0.25) is 5.02 Å². The second-order valence-corrected chi connectivity index (χ2v) is 8.68. The van der Waals surface area contributed by atoms with Crippen molar-refractivity contribution in [2.24, 2.45) is 0 Å². The molecule has 5 nitrogen and oxygen atoms in total. The minimum absolute atomic E-state index is 0.0782. The first-order valence-electron chi connectivity index (χ1n) is 9.71. The van der Waals surface area contributed by atoms with Crippen LogP contribution in [0, 0.1) is 0 Å². The van der Waals surface area contributed by atoms with Gasteiger partial charge in [0.2, 0.25) is 0 Å². The van der Waals surface area contributed by atoms with Gasteiger partial charge in [0.05, 0.1) is 17.7 Å². The zero-order valence-corrected chi connectivity index (χ0v) is 19.1. The second-order valence-electron chi connectivity index (χ2n) is 7.32. The fourth-order valence-electron chi connectivity index (χ4n) is 3.42. The highest BCUT2D eigenvalue weighted by Crippen LogP contribution is 2.39. The first-order valence-corrected chi connectivity index (χ1v) is 10.9. The number of carbonyl (C=O) groups is 2. The molecule has 1 atom stereocenters. The summed E-state index contributed by atoms with van der Waals surface area (Å²) in [7, 11) is 0. The molecule has 1 N–H and O–H groups in total. The quantitative estimate of drug-likeness (QED) is 0.245. The minimum Gasteiger partial charge on any atom is -0.507 e. The van der Waals surface area contributed by atoms with Crippen molar-refractivity contribution in [2.75, 3.05) is 13.2 Å². The van der Waals surface area contributed by atoms with Crippen LogP contribution >= 0.6 is 27.5 Å². The Balaban J connectivity index is 2.01. The van der Waals surface area contributed by atoms with Gasteiger partial charge in [-0.1, -0.05) is 39.7 Å². The van der Waals surface area contributed by atoms with Gasteiger partial charge in [0.1, 0.15) is 5.76 Å². The molecule has 0 aromatic heterocycles. The highest BCUT2D eigenvalue weighted by atomic mass is 79.9. The summed E-state index contributed by atoms with van der Waals surface area (Å²) < 4.78 is 6.45. The lowest BCUT2D eigenvalue weighted by atomic mass is 9.95. The molecule has 1 aliphatic heterocycles. The molecule has 1 aliphatic rings.